The molecule has 3 aliphatic rings. The van der Waals surface area contributed by atoms with Crippen LogP contribution in [0.1, 0.15) is 50.0 Å². The number of benzene rings is 3. The van der Waals surface area contributed by atoms with Crippen molar-refractivity contribution in [3.05, 3.63) is 106 Å². The highest BCUT2D eigenvalue weighted by molar-refractivity contribution is 5.89. The van der Waals surface area contributed by atoms with Gasteiger partial charge in [-0.2, -0.15) is 0 Å². The summed E-state index contributed by atoms with van der Waals surface area (Å²) >= 11 is 0. The molecular formula is C46H52N4O15. The number of nitrogen functional groups attached to an aromatic ring is 1. The quantitative estimate of drug-likeness (QED) is 0.0471. The second-order valence-electron chi connectivity index (χ2n) is 16.6. The number of aliphatic hydroxyl groups excluding tert-OH is 3. The Morgan fingerprint density at radius 3 is 2.49 bits per heavy atom. The molecule has 346 valence electrons. The van der Waals surface area contributed by atoms with E-state index in [1.807, 2.05) is 6.92 Å². The number of carbonyl (C=O) groups is 1. The number of phenolic OH excluding ortho intramolecular Hbond substituents is 2. The molecule has 0 spiro atoms. The molecule has 2 bridgehead atoms. The maximum atomic E-state index is 13.9. The Morgan fingerprint density at radius 1 is 1.05 bits per heavy atom. The van der Waals surface area contributed by atoms with Crippen molar-refractivity contribution in [2.24, 2.45) is 5.92 Å². The number of hydrogen-bond acceptors (Lipinski definition) is 17. The minimum Gasteiger partial charge on any atom is -0.508 e. The molecule has 9 atom stereocenters. The number of aromatic amines is 1. The molecule has 0 radical (unpaired) electrons. The van der Waals surface area contributed by atoms with Gasteiger partial charge in [0.2, 0.25) is 12.0 Å². The number of anilines is 1. The van der Waals surface area contributed by atoms with Crippen molar-refractivity contribution in [1.82, 2.24) is 15.6 Å². The van der Waals surface area contributed by atoms with E-state index in [4.69, 9.17) is 29.1 Å². The number of aromatic nitrogens is 1. The number of aliphatic carboxylic acids is 1. The van der Waals surface area contributed by atoms with Crippen LogP contribution in [-0.2, 0) is 16.1 Å². The van der Waals surface area contributed by atoms with E-state index in [0.29, 0.717) is 54.3 Å². The van der Waals surface area contributed by atoms with Crippen LogP contribution >= 0.6 is 0 Å². The third-order valence-corrected chi connectivity index (χ3v) is 12.2. The molecule has 13 N–H and O–H groups in total. The molecular weight excluding hydrogens is 849 g/mol. The summed E-state index contributed by atoms with van der Waals surface area (Å²) in [6, 6.07) is 17.1. The molecule has 19 nitrogen and oxygen atoms in total. The zero-order valence-corrected chi connectivity index (χ0v) is 35.2. The molecule has 4 heterocycles. The lowest BCUT2D eigenvalue weighted by atomic mass is 9.59. The van der Waals surface area contributed by atoms with Gasteiger partial charge in [0.25, 0.3) is 0 Å². The third-order valence-electron chi connectivity index (χ3n) is 12.2. The van der Waals surface area contributed by atoms with E-state index < -0.39 is 89.1 Å². The molecule has 2 saturated heterocycles. The Morgan fingerprint density at radius 2 is 1.83 bits per heavy atom. The summed E-state index contributed by atoms with van der Waals surface area (Å²) < 4.78 is 30.3. The second kappa shape index (κ2) is 18.4. The molecule has 0 unspecified atom stereocenters. The van der Waals surface area contributed by atoms with Gasteiger partial charge in [-0.25, -0.2) is 4.79 Å². The fourth-order valence-electron chi connectivity index (χ4n) is 9.08. The first-order chi connectivity index (χ1) is 31.2. The van der Waals surface area contributed by atoms with Gasteiger partial charge in [-0.1, -0.05) is 37.5 Å². The summed E-state index contributed by atoms with van der Waals surface area (Å²) in [6.45, 7) is 1.86. The Hall–Kier alpha value is -6.16. The van der Waals surface area contributed by atoms with Crippen LogP contribution in [0.15, 0.2) is 93.7 Å². The number of carboxylic acids is 1. The van der Waals surface area contributed by atoms with Crippen LogP contribution < -0.4 is 36.0 Å². The number of aliphatic hydroxyl groups is 5. The number of phenols is 2. The van der Waals surface area contributed by atoms with Gasteiger partial charge >= 0.3 is 5.97 Å². The maximum absolute atomic E-state index is 13.9. The Kier molecular flexibility index (Phi) is 12.8. The molecule has 65 heavy (non-hydrogen) atoms. The lowest BCUT2D eigenvalue weighted by molar-refractivity contribution is -0.344. The van der Waals surface area contributed by atoms with Gasteiger partial charge in [0.1, 0.15) is 58.5 Å². The number of fused-ring (bicyclic) bond motifs is 3. The van der Waals surface area contributed by atoms with Gasteiger partial charge in [-0.3, -0.25) is 10.1 Å². The number of unbranched alkanes of at least 4 members (excludes halogenated alkanes) is 2. The Balaban J connectivity index is 1.18. The van der Waals surface area contributed by atoms with Crippen molar-refractivity contribution in [2.75, 3.05) is 25.6 Å². The average Bonchev–Trinajstić information content (AvgIpc) is 3.97. The van der Waals surface area contributed by atoms with Gasteiger partial charge < -0.3 is 80.3 Å². The SMILES string of the molecule is CCCCCC1=C[C@]2(O)[C@H](Oc3cc4oc(-c5ccc(O[C@H](CO)[C@H](O)c6ccc(N)[nH]6)cc5)cc(=O)c4c(O)c3OCc3cccc(O)c3)O[C@H](C(=O)O)[C@](O)([C@H]1[C@@H]1CNCN1)[C@H]2O. The molecule has 1 aliphatic carbocycles. The van der Waals surface area contributed by atoms with Crippen LogP contribution in [0.25, 0.3) is 22.3 Å². The summed E-state index contributed by atoms with van der Waals surface area (Å²) in [6.07, 6.45) is -4.74. The number of nitrogens with two attached hydrogens (primary N) is 1. The van der Waals surface area contributed by atoms with Gasteiger partial charge in [-0.15, -0.1) is 0 Å². The normalized spacial score (nSPS) is 26.1. The summed E-state index contributed by atoms with van der Waals surface area (Å²) in [5.41, 5.74) is 1.26. The lowest BCUT2D eigenvalue weighted by Crippen LogP contribution is -2.79. The number of H-pyrrole nitrogens is 1. The van der Waals surface area contributed by atoms with Gasteiger partial charge in [0.05, 0.1) is 6.61 Å². The summed E-state index contributed by atoms with van der Waals surface area (Å²) in [4.78, 5) is 29.7. The van der Waals surface area contributed by atoms with Crippen molar-refractivity contribution < 1.29 is 69.0 Å². The van der Waals surface area contributed by atoms with Gasteiger partial charge in [0.15, 0.2) is 34.7 Å². The Labute approximate surface area is 371 Å². The molecule has 2 fully saturated rings. The largest absolute Gasteiger partial charge is 0.508 e. The topological polar surface area (TPSA) is 312 Å². The number of nitrogens with one attached hydrogen (secondary N) is 3. The van der Waals surface area contributed by atoms with Crippen LogP contribution in [0.3, 0.4) is 0 Å². The Bertz CT molecular complexity index is 2610. The minimum absolute atomic E-state index is 0.0143. The van der Waals surface area contributed by atoms with E-state index in [0.717, 1.165) is 18.9 Å². The lowest BCUT2D eigenvalue weighted by Gasteiger charge is -2.58. The van der Waals surface area contributed by atoms with Crippen LogP contribution in [0.4, 0.5) is 5.82 Å². The number of rotatable bonds is 17. The highest BCUT2D eigenvalue weighted by Crippen LogP contribution is 2.53. The molecule has 2 aromatic heterocycles. The van der Waals surface area contributed by atoms with Crippen molar-refractivity contribution >= 4 is 22.8 Å². The first-order valence-electron chi connectivity index (χ1n) is 21.2. The zero-order valence-electron chi connectivity index (χ0n) is 35.2. The smallest absolute Gasteiger partial charge is 0.336 e. The highest BCUT2D eigenvalue weighted by Gasteiger charge is 2.71. The van der Waals surface area contributed by atoms with Crippen LogP contribution in [0.5, 0.6) is 28.7 Å². The van der Waals surface area contributed by atoms with Gasteiger partial charge in [0, 0.05) is 48.6 Å². The molecule has 5 aromatic rings. The monoisotopic (exact) mass is 900 g/mol. The van der Waals surface area contributed by atoms with E-state index in [-0.39, 0.29) is 34.8 Å². The standard InChI is InChI=1S/C46H52N4O15/c1-2-3-4-7-25-18-45(59)43(58)46(60,37(25)29-19-48-22-49-29)41(42(56)57)65-44(45)64-33-17-32-36(39(55)40(33)61-21-23-6-5-8-26(52)15-23)30(53)16-31(63-32)24-9-11-27(12-10-24)62-34(20-51)38(54)28-13-14-35(47)50-28/h5-6,8-18,29,34,37-38,41,43-44,48-52,54-55,58-60H,2-4,7,19-22,47H2,1H3,(H,56,57)/t29-,34+,37+,38+,41+,43-,44+,45+,46+/m0/s1. The van der Waals surface area contributed by atoms with E-state index in [1.165, 1.54) is 36.4 Å². The van der Waals surface area contributed by atoms with Crippen LogP contribution in [0, 0.1) is 5.92 Å². The first kappa shape index (κ1) is 45.4. The first-order valence-corrected chi connectivity index (χ1v) is 21.2. The molecule has 3 aromatic carbocycles. The predicted octanol–water partition coefficient (Wildman–Crippen LogP) is 2.50. The van der Waals surface area contributed by atoms with Gasteiger partial charge in [-0.05, 0) is 73.0 Å². The van der Waals surface area contributed by atoms with E-state index in [2.05, 4.69) is 15.6 Å². The fraction of sp³-hybridized carbons (Fsp3) is 0.391. The second-order valence-corrected chi connectivity index (χ2v) is 16.6. The molecule has 0 amide bonds. The molecule has 0 saturated carbocycles. The highest BCUT2D eigenvalue weighted by atomic mass is 16.7. The summed E-state index contributed by atoms with van der Waals surface area (Å²) in [5.74, 6) is -3.76. The third kappa shape index (κ3) is 8.60. The van der Waals surface area contributed by atoms with Crippen molar-refractivity contribution in [3.8, 4) is 40.1 Å². The van der Waals surface area contributed by atoms with Crippen LogP contribution in [0.2, 0.25) is 0 Å². The summed E-state index contributed by atoms with van der Waals surface area (Å²) in [7, 11) is 0. The van der Waals surface area contributed by atoms with Crippen LogP contribution in [-0.4, -0.2) is 113 Å². The fourth-order valence-corrected chi connectivity index (χ4v) is 9.08. The van der Waals surface area contributed by atoms with Crippen molar-refractivity contribution in [3.63, 3.8) is 0 Å². The molecule has 19 heteroatoms. The predicted molar refractivity (Wildman–Crippen MR) is 232 cm³/mol. The number of ether oxygens (including phenoxy) is 4. The summed E-state index contributed by atoms with van der Waals surface area (Å²) in [5, 5.41) is 96.1. The number of hydrogen-bond donors (Lipinski definition) is 12. The number of aromatic hydroxyl groups is 2. The van der Waals surface area contributed by atoms with E-state index >= 15 is 0 Å². The number of carboxylic acid groups (broad SMARTS) is 1. The van der Waals surface area contributed by atoms with E-state index in [1.54, 1.807) is 36.4 Å². The average molecular weight is 901 g/mol. The maximum Gasteiger partial charge on any atom is 0.336 e. The molecule has 8 rings (SSSR count). The zero-order chi connectivity index (χ0) is 46.2. The van der Waals surface area contributed by atoms with Crippen molar-refractivity contribution in [1.29, 1.82) is 0 Å². The van der Waals surface area contributed by atoms with Crippen molar-refractivity contribution in [2.45, 2.75) is 87.2 Å². The van der Waals surface area contributed by atoms with E-state index in [9.17, 15) is 50.4 Å². The molecule has 2 aliphatic heterocycles. The minimum atomic E-state index is -2.58.